The van der Waals surface area contributed by atoms with Crippen molar-refractivity contribution in [1.29, 1.82) is 0 Å². The van der Waals surface area contributed by atoms with Crippen LogP contribution in [0.15, 0.2) is 48.5 Å². The van der Waals surface area contributed by atoms with Gasteiger partial charge >= 0.3 is 5.97 Å². The van der Waals surface area contributed by atoms with Crippen molar-refractivity contribution < 1.29 is 33.6 Å². The van der Waals surface area contributed by atoms with E-state index in [2.05, 4.69) is 18.3 Å². The molecule has 0 fully saturated rings. The Morgan fingerprint density at radius 3 is 2.46 bits per heavy atom. The summed E-state index contributed by atoms with van der Waals surface area (Å²) in [7, 11) is 3.11. The molecular formula is C27H29NO7. The Morgan fingerprint density at radius 1 is 1.06 bits per heavy atom. The normalized spacial score (nSPS) is 12.8. The van der Waals surface area contributed by atoms with Crippen LogP contribution in [-0.4, -0.2) is 38.1 Å². The molecule has 3 aromatic carbocycles. The topological polar surface area (TPSA) is 95.5 Å². The van der Waals surface area contributed by atoms with Crippen molar-refractivity contribution >= 4 is 5.97 Å². The Balaban J connectivity index is 1.53. The second-order valence-corrected chi connectivity index (χ2v) is 8.19. The summed E-state index contributed by atoms with van der Waals surface area (Å²) in [5.41, 5.74) is 5.00. The summed E-state index contributed by atoms with van der Waals surface area (Å²) < 4.78 is 28.2. The van der Waals surface area contributed by atoms with Crippen LogP contribution in [0, 0.1) is 6.92 Å². The maximum absolute atomic E-state index is 11.1. The number of nitrogens with one attached hydrogen (secondary N) is 1. The van der Waals surface area contributed by atoms with Crippen molar-refractivity contribution in [3.05, 3.63) is 65.2 Å². The lowest BCUT2D eigenvalue weighted by atomic mass is 9.96. The Bertz CT molecular complexity index is 1200. The minimum atomic E-state index is -0.929. The third-order valence-corrected chi connectivity index (χ3v) is 6.06. The van der Waals surface area contributed by atoms with Crippen LogP contribution in [0.3, 0.4) is 0 Å². The van der Waals surface area contributed by atoms with Gasteiger partial charge in [0, 0.05) is 18.7 Å². The lowest BCUT2D eigenvalue weighted by Gasteiger charge is -2.18. The number of ether oxygens (including phenoxy) is 5. The number of rotatable bonds is 10. The van der Waals surface area contributed by atoms with E-state index in [0.717, 1.165) is 39.3 Å². The molecule has 0 saturated heterocycles. The van der Waals surface area contributed by atoms with Crippen molar-refractivity contribution in [3.8, 4) is 39.9 Å². The molecule has 1 aliphatic rings. The van der Waals surface area contributed by atoms with Crippen molar-refractivity contribution in [2.45, 2.75) is 33.0 Å². The Morgan fingerprint density at radius 2 is 1.77 bits per heavy atom. The van der Waals surface area contributed by atoms with Gasteiger partial charge in [-0.15, -0.1) is 0 Å². The van der Waals surface area contributed by atoms with E-state index in [0.29, 0.717) is 23.9 Å². The average Bonchev–Trinajstić information content (AvgIpc) is 3.34. The first kappa shape index (κ1) is 24.2. The van der Waals surface area contributed by atoms with Gasteiger partial charge in [-0.2, -0.15) is 0 Å². The molecule has 1 heterocycles. The molecule has 0 radical (unpaired) electrons. The second-order valence-electron chi connectivity index (χ2n) is 8.19. The van der Waals surface area contributed by atoms with Crippen LogP contribution in [0.5, 0.6) is 28.7 Å². The van der Waals surface area contributed by atoms with Crippen LogP contribution < -0.4 is 29.0 Å². The Kier molecular flexibility index (Phi) is 7.31. The van der Waals surface area contributed by atoms with Crippen LogP contribution in [-0.2, 0) is 17.9 Å². The van der Waals surface area contributed by atoms with Gasteiger partial charge in [-0.05, 0) is 48.2 Å². The zero-order valence-corrected chi connectivity index (χ0v) is 20.2. The molecule has 2 N–H and O–H groups in total. The molecule has 0 aromatic heterocycles. The largest absolute Gasteiger partial charge is 0.496 e. The highest BCUT2D eigenvalue weighted by Gasteiger charge is 2.18. The molecule has 184 valence electrons. The zero-order valence-electron chi connectivity index (χ0n) is 20.2. The molecule has 4 rings (SSSR count). The minimum Gasteiger partial charge on any atom is -0.496 e. The molecule has 0 amide bonds. The second kappa shape index (κ2) is 10.6. The van der Waals surface area contributed by atoms with Gasteiger partial charge in [0.2, 0.25) is 6.79 Å². The van der Waals surface area contributed by atoms with Crippen molar-refractivity contribution in [2.24, 2.45) is 0 Å². The van der Waals surface area contributed by atoms with Gasteiger partial charge in [-0.25, -0.2) is 0 Å². The van der Waals surface area contributed by atoms with Gasteiger partial charge in [0.25, 0.3) is 0 Å². The fourth-order valence-corrected chi connectivity index (χ4v) is 3.94. The summed E-state index contributed by atoms with van der Waals surface area (Å²) in [5, 5.41) is 12.1. The molecule has 0 saturated carbocycles. The number of aliphatic carboxylic acids is 1. The molecule has 0 spiro atoms. The van der Waals surface area contributed by atoms with Crippen molar-refractivity contribution in [2.75, 3.05) is 21.0 Å². The van der Waals surface area contributed by atoms with E-state index in [4.69, 9.17) is 28.8 Å². The SMILES string of the molecule is COc1cc(OCc2cccc(-c3ccc4c(c3)OCO4)c2C)cc(OC)c1CN[C@H](C)C(=O)O. The van der Waals surface area contributed by atoms with E-state index < -0.39 is 12.0 Å². The summed E-state index contributed by atoms with van der Waals surface area (Å²) in [4.78, 5) is 11.1. The summed E-state index contributed by atoms with van der Waals surface area (Å²) in [5.74, 6) is 2.26. The number of carbonyl (C=O) groups is 1. The molecule has 3 aromatic rings. The number of fused-ring (bicyclic) bond motifs is 1. The van der Waals surface area contributed by atoms with Gasteiger partial charge in [0.15, 0.2) is 11.5 Å². The van der Waals surface area contributed by atoms with Crippen LogP contribution in [0.1, 0.15) is 23.6 Å². The number of methoxy groups -OCH3 is 2. The van der Waals surface area contributed by atoms with Gasteiger partial charge < -0.3 is 34.1 Å². The lowest BCUT2D eigenvalue weighted by Crippen LogP contribution is -2.33. The average molecular weight is 480 g/mol. The van der Waals surface area contributed by atoms with E-state index in [1.807, 2.05) is 30.3 Å². The molecule has 0 aliphatic carbocycles. The van der Waals surface area contributed by atoms with Gasteiger partial charge in [-0.3, -0.25) is 4.79 Å². The van der Waals surface area contributed by atoms with E-state index in [1.54, 1.807) is 33.3 Å². The number of carboxylic acid groups (broad SMARTS) is 1. The highest BCUT2D eigenvalue weighted by Crippen LogP contribution is 2.38. The van der Waals surface area contributed by atoms with E-state index in [1.165, 1.54) is 0 Å². The number of benzene rings is 3. The first-order valence-corrected chi connectivity index (χ1v) is 11.2. The highest BCUT2D eigenvalue weighted by atomic mass is 16.7. The monoisotopic (exact) mass is 479 g/mol. The molecular weight excluding hydrogens is 450 g/mol. The number of hydrogen-bond acceptors (Lipinski definition) is 7. The molecule has 8 heteroatoms. The fourth-order valence-electron chi connectivity index (χ4n) is 3.94. The minimum absolute atomic E-state index is 0.242. The van der Waals surface area contributed by atoms with Crippen LogP contribution in [0.4, 0.5) is 0 Å². The summed E-state index contributed by atoms with van der Waals surface area (Å²) in [6.07, 6.45) is 0. The molecule has 8 nitrogen and oxygen atoms in total. The maximum atomic E-state index is 11.1. The van der Waals surface area contributed by atoms with E-state index in [9.17, 15) is 4.79 Å². The third-order valence-electron chi connectivity index (χ3n) is 6.06. The zero-order chi connectivity index (χ0) is 24.9. The standard InChI is InChI=1S/C27H29NO7/c1-16-19(6-5-7-21(16)18-8-9-23-26(10-18)35-15-34-23)14-33-20-11-24(31-3)22(25(12-20)32-4)13-28-17(2)27(29)30/h5-12,17,28H,13-15H2,1-4H3,(H,29,30)/t17-/m1/s1. The molecule has 0 bridgehead atoms. The highest BCUT2D eigenvalue weighted by molar-refractivity contribution is 5.73. The summed E-state index contributed by atoms with van der Waals surface area (Å²) in [6, 6.07) is 14.9. The predicted molar refractivity (Wildman–Crippen MR) is 131 cm³/mol. The van der Waals surface area contributed by atoms with Gasteiger partial charge in [-0.1, -0.05) is 24.3 Å². The summed E-state index contributed by atoms with van der Waals surface area (Å²) >= 11 is 0. The first-order chi connectivity index (χ1) is 16.9. The first-order valence-electron chi connectivity index (χ1n) is 11.2. The predicted octanol–water partition coefficient (Wildman–Crippen LogP) is 4.55. The third kappa shape index (κ3) is 5.27. The molecule has 1 aliphatic heterocycles. The fraction of sp³-hybridized carbons (Fsp3) is 0.296. The molecule has 1 atom stereocenters. The smallest absolute Gasteiger partial charge is 0.320 e. The van der Waals surface area contributed by atoms with Gasteiger partial charge in [0.05, 0.1) is 19.8 Å². The van der Waals surface area contributed by atoms with Crippen molar-refractivity contribution in [3.63, 3.8) is 0 Å². The van der Waals surface area contributed by atoms with Crippen LogP contribution in [0.2, 0.25) is 0 Å². The Hall–Kier alpha value is -3.91. The van der Waals surface area contributed by atoms with Gasteiger partial charge in [0.1, 0.15) is 29.9 Å². The number of hydrogen-bond donors (Lipinski definition) is 2. The lowest BCUT2D eigenvalue weighted by molar-refractivity contribution is -0.139. The number of carboxylic acids is 1. The Labute approximate surface area is 204 Å². The van der Waals surface area contributed by atoms with E-state index in [-0.39, 0.29) is 13.3 Å². The van der Waals surface area contributed by atoms with Crippen LogP contribution >= 0.6 is 0 Å². The maximum Gasteiger partial charge on any atom is 0.320 e. The van der Waals surface area contributed by atoms with E-state index >= 15 is 0 Å². The quantitative estimate of drug-likeness (QED) is 0.437. The molecule has 35 heavy (non-hydrogen) atoms. The van der Waals surface area contributed by atoms with Crippen LogP contribution in [0.25, 0.3) is 11.1 Å². The van der Waals surface area contributed by atoms with Crippen molar-refractivity contribution in [1.82, 2.24) is 5.32 Å². The molecule has 0 unspecified atom stereocenters. The summed E-state index contributed by atoms with van der Waals surface area (Å²) in [6.45, 7) is 4.52.